The van der Waals surface area contributed by atoms with Crippen LogP contribution >= 0.6 is 11.6 Å². The Bertz CT molecular complexity index is 567. The van der Waals surface area contributed by atoms with Crippen molar-refractivity contribution in [1.82, 2.24) is 0 Å². The van der Waals surface area contributed by atoms with Crippen molar-refractivity contribution in [2.24, 2.45) is 11.8 Å². The maximum absolute atomic E-state index is 14.1. The zero-order chi connectivity index (χ0) is 16.4. The second kappa shape index (κ2) is 7.05. The third kappa shape index (κ3) is 3.96. The number of esters is 1. The Kier molecular flexibility index (Phi) is 5.07. The fourth-order valence-corrected chi connectivity index (χ4v) is 3.76. The lowest BCUT2D eigenvalue weighted by Gasteiger charge is -2.20. The van der Waals surface area contributed by atoms with Gasteiger partial charge in [0.2, 0.25) is 0 Å². The molecule has 0 radical (unpaired) electrons. The Morgan fingerprint density at radius 1 is 1.48 bits per heavy atom. The minimum Gasteiger partial charge on any atom is -0.491 e. The van der Waals surface area contributed by atoms with Gasteiger partial charge < -0.3 is 14.6 Å². The van der Waals surface area contributed by atoms with Crippen LogP contribution in [-0.2, 0) is 9.53 Å². The SMILES string of the molecule is O=C1C[C@@H]2[C@@H](CC[C@@H](F)COc3cccc(Cl)c3)[C@H](O)C[C@@H]2O1. The van der Waals surface area contributed by atoms with Gasteiger partial charge >= 0.3 is 5.97 Å². The molecule has 1 heterocycles. The predicted molar refractivity (Wildman–Crippen MR) is 83.2 cm³/mol. The van der Waals surface area contributed by atoms with E-state index in [1.807, 2.05) is 0 Å². The van der Waals surface area contributed by atoms with E-state index in [1.54, 1.807) is 24.3 Å². The lowest BCUT2D eigenvalue weighted by Crippen LogP contribution is -2.23. The van der Waals surface area contributed by atoms with Gasteiger partial charge in [-0.2, -0.15) is 0 Å². The van der Waals surface area contributed by atoms with Crippen LogP contribution in [0, 0.1) is 11.8 Å². The molecule has 1 aliphatic carbocycles. The highest BCUT2D eigenvalue weighted by molar-refractivity contribution is 6.30. The summed E-state index contributed by atoms with van der Waals surface area (Å²) in [6, 6.07) is 6.84. The van der Waals surface area contributed by atoms with E-state index in [9.17, 15) is 14.3 Å². The summed E-state index contributed by atoms with van der Waals surface area (Å²) in [5, 5.41) is 10.6. The second-order valence-corrected chi connectivity index (χ2v) is 6.74. The summed E-state index contributed by atoms with van der Waals surface area (Å²) in [4.78, 5) is 11.3. The number of carbonyl (C=O) groups excluding carboxylic acids is 1. The van der Waals surface area contributed by atoms with E-state index in [2.05, 4.69) is 0 Å². The third-order valence-electron chi connectivity index (χ3n) is 4.72. The van der Waals surface area contributed by atoms with Crippen molar-refractivity contribution in [3.8, 4) is 5.75 Å². The first-order valence-electron chi connectivity index (χ1n) is 7.93. The van der Waals surface area contributed by atoms with E-state index >= 15 is 0 Å². The van der Waals surface area contributed by atoms with E-state index in [-0.39, 0.29) is 30.5 Å². The molecule has 6 heteroatoms. The zero-order valence-electron chi connectivity index (χ0n) is 12.7. The highest BCUT2D eigenvalue weighted by Crippen LogP contribution is 2.43. The maximum atomic E-state index is 14.1. The molecule has 1 aromatic rings. The van der Waals surface area contributed by atoms with Crippen LogP contribution in [0.2, 0.25) is 5.02 Å². The first-order chi connectivity index (χ1) is 11.0. The number of benzene rings is 1. The van der Waals surface area contributed by atoms with Crippen molar-refractivity contribution in [2.45, 2.75) is 44.1 Å². The van der Waals surface area contributed by atoms with E-state index in [1.165, 1.54) is 0 Å². The molecule has 1 saturated carbocycles. The van der Waals surface area contributed by atoms with E-state index < -0.39 is 12.3 Å². The number of halogens is 2. The Morgan fingerprint density at radius 3 is 3.09 bits per heavy atom. The van der Waals surface area contributed by atoms with Crippen LogP contribution in [0.4, 0.5) is 4.39 Å². The summed E-state index contributed by atoms with van der Waals surface area (Å²) in [6.07, 6.45) is -0.210. The minimum atomic E-state index is -1.13. The minimum absolute atomic E-state index is 0.0264. The number of ether oxygens (including phenoxy) is 2. The number of alkyl halides is 1. The van der Waals surface area contributed by atoms with E-state index in [4.69, 9.17) is 21.1 Å². The topological polar surface area (TPSA) is 55.8 Å². The van der Waals surface area contributed by atoms with E-state index in [0.29, 0.717) is 36.5 Å². The number of hydrogen-bond acceptors (Lipinski definition) is 4. The van der Waals surface area contributed by atoms with Crippen molar-refractivity contribution >= 4 is 17.6 Å². The average Bonchev–Trinajstić information content (AvgIpc) is 2.98. The molecule has 1 aliphatic heterocycles. The Morgan fingerprint density at radius 2 is 2.30 bits per heavy atom. The number of carbonyl (C=O) groups is 1. The van der Waals surface area contributed by atoms with Crippen LogP contribution in [0.3, 0.4) is 0 Å². The van der Waals surface area contributed by atoms with E-state index in [0.717, 1.165) is 0 Å². The van der Waals surface area contributed by atoms with Crippen LogP contribution in [0.5, 0.6) is 5.75 Å². The summed E-state index contributed by atoms with van der Waals surface area (Å²) in [6.45, 7) is -0.0489. The molecule has 0 spiro atoms. The van der Waals surface area contributed by atoms with Gasteiger partial charge in [0, 0.05) is 17.4 Å². The molecule has 2 aliphatic rings. The highest BCUT2D eigenvalue weighted by atomic mass is 35.5. The zero-order valence-corrected chi connectivity index (χ0v) is 13.4. The predicted octanol–water partition coefficient (Wildman–Crippen LogP) is 3.15. The lowest BCUT2D eigenvalue weighted by molar-refractivity contribution is -0.141. The maximum Gasteiger partial charge on any atom is 0.306 e. The highest BCUT2D eigenvalue weighted by Gasteiger charge is 2.49. The summed E-state index contributed by atoms with van der Waals surface area (Å²) in [5.74, 6) is 0.281. The summed E-state index contributed by atoms with van der Waals surface area (Å²) in [5.41, 5.74) is 0. The van der Waals surface area contributed by atoms with Gasteiger partial charge in [-0.05, 0) is 37.0 Å². The monoisotopic (exact) mass is 342 g/mol. The summed E-state index contributed by atoms with van der Waals surface area (Å²) < 4.78 is 24.6. The Labute approximate surface area is 139 Å². The molecule has 4 nitrogen and oxygen atoms in total. The molecular weight excluding hydrogens is 323 g/mol. The van der Waals surface area contributed by atoms with Gasteiger partial charge in [-0.25, -0.2) is 4.39 Å². The van der Waals surface area contributed by atoms with Crippen molar-refractivity contribution in [1.29, 1.82) is 0 Å². The molecule has 0 aromatic heterocycles. The first-order valence-corrected chi connectivity index (χ1v) is 8.30. The average molecular weight is 343 g/mol. The fourth-order valence-electron chi connectivity index (χ4n) is 3.58. The number of hydrogen-bond donors (Lipinski definition) is 1. The molecule has 0 unspecified atom stereocenters. The first kappa shape index (κ1) is 16.5. The molecule has 5 atom stereocenters. The smallest absolute Gasteiger partial charge is 0.306 e. The number of aliphatic hydroxyl groups excluding tert-OH is 1. The van der Waals surface area contributed by atoms with Crippen LogP contribution in [0.15, 0.2) is 24.3 Å². The number of aliphatic hydroxyl groups is 1. The Hall–Kier alpha value is -1.33. The van der Waals surface area contributed by atoms with Gasteiger partial charge in [-0.1, -0.05) is 17.7 Å². The van der Waals surface area contributed by atoms with Crippen molar-refractivity contribution in [3.63, 3.8) is 0 Å². The lowest BCUT2D eigenvalue weighted by atomic mass is 9.87. The molecule has 126 valence electrons. The van der Waals surface area contributed by atoms with Gasteiger partial charge in [0.25, 0.3) is 0 Å². The van der Waals surface area contributed by atoms with Crippen molar-refractivity contribution < 1.29 is 23.8 Å². The summed E-state index contributed by atoms with van der Waals surface area (Å²) in [7, 11) is 0. The molecule has 1 aromatic carbocycles. The Balaban J connectivity index is 1.45. The van der Waals surface area contributed by atoms with Gasteiger partial charge in [-0.3, -0.25) is 4.79 Å². The number of rotatable bonds is 6. The van der Waals surface area contributed by atoms with Gasteiger partial charge in [-0.15, -0.1) is 0 Å². The van der Waals surface area contributed by atoms with Gasteiger partial charge in [0.15, 0.2) is 0 Å². The third-order valence-corrected chi connectivity index (χ3v) is 4.96. The molecule has 0 bridgehead atoms. The molecule has 0 amide bonds. The summed E-state index contributed by atoms with van der Waals surface area (Å²) >= 11 is 5.85. The van der Waals surface area contributed by atoms with Gasteiger partial charge in [0.1, 0.15) is 24.6 Å². The molecule has 1 N–H and O–H groups in total. The molecule has 23 heavy (non-hydrogen) atoms. The standard InChI is InChI=1S/C17H20ClFO4/c18-10-2-1-3-12(6-10)22-9-11(19)4-5-13-14-7-17(21)23-16(14)8-15(13)20/h1-3,6,11,13-16,20H,4-5,7-9H2/t11-,13-,14-,15-,16+/m1/s1. The molecule has 3 rings (SSSR count). The van der Waals surface area contributed by atoms with Crippen molar-refractivity contribution in [2.75, 3.05) is 6.61 Å². The fraction of sp³-hybridized carbons (Fsp3) is 0.588. The quantitative estimate of drug-likeness (QED) is 0.807. The molecular formula is C17H20ClFO4. The second-order valence-electron chi connectivity index (χ2n) is 6.31. The van der Waals surface area contributed by atoms with Crippen LogP contribution in [-0.4, -0.2) is 36.1 Å². The van der Waals surface area contributed by atoms with Crippen molar-refractivity contribution in [3.05, 3.63) is 29.3 Å². The van der Waals surface area contributed by atoms with Crippen LogP contribution in [0.25, 0.3) is 0 Å². The normalized spacial score (nSPS) is 30.8. The molecule has 2 fully saturated rings. The van der Waals surface area contributed by atoms with Crippen LogP contribution < -0.4 is 4.74 Å². The number of fused-ring (bicyclic) bond motifs is 1. The molecule has 1 saturated heterocycles. The van der Waals surface area contributed by atoms with Crippen LogP contribution in [0.1, 0.15) is 25.7 Å². The van der Waals surface area contributed by atoms with Gasteiger partial charge in [0.05, 0.1) is 12.5 Å². The largest absolute Gasteiger partial charge is 0.491 e.